The lowest BCUT2D eigenvalue weighted by atomic mass is 10.1. The second-order valence-electron chi connectivity index (χ2n) is 3.66. The molecule has 1 aromatic carbocycles. The summed E-state index contributed by atoms with van der Waals surface area (Å²) in [5.74, 6) is -0.668. The predicted octanol–water partition coefficient (Wildman–Crippen LogP) is 1.09. The van der Waals surface area contributed by atoms with Gasteiger partial charge in [-0.2, -0.15) is 0 Å². The zero-order chi connectivity index (χ0) is 12.2. The van der Waals surface area contributed by atoms with Crippen LogP contribution in [-0.4, -0.2) is 25.2 Å². The largest absolute Gasteiger partial charge is 0.491 e. The van der Waals surface area contributed by atoms with E-state index in [2.05, 4.69) is 4.74 Å². The maximum atomic E-state index is 12.8. The molecule has 0 saturated carbocycles. The van der Waals surface area contributed by atoms with Crippen LogP contribution in [0.3, 0.4) is 0 Å². The van der Waals surface area contributed by atoms with Gasteiger partial charge in [0.2, 0.25) is 0 Å². The highest BCUT2D eigenvalue weighted by molar-refractivity contribution is 5.80. The predicted molar refractivity (Wildman–Crippen MR) is 56.5 cm³/mol. The molecule has 1 aromatic rings. The first kappa shape index (κ1) is 12.4. The number of hydrogen-bond acceptors (Lipinski definition) is 4. The van der Waals surface area contributed by atoms with E-state index in [1.165, 1.54) is 32.2 Å². The molecule has 0 heterocycles. The van der Waals surface area contributed by atoms with Crippen molar-refractivity contribution in [2.75, 3.05) is 13.7 Å². The van der Waals surface area contributed by atoms with Gasteiger partial charge in [0, 0.05) is 6.07 Å². The van der Waals surface area contributed by atoms with E-state index in [4.69, 9.17) is 10.5 Å². The van der Waals surface area contributed by atoms with Gasteiger partial charge in [-0.25, -0.2) is 9.18 Å². The standard InChI is InChI=1S/C11H14FNO3/c1-11(13,10(14)15-2)7-16-9-5-3-4-8(12)6-9/h3-6H,7,13H2,1-2H3. The summed E-state index contributed by atoms with van der Waals surface area (Å²) in [5, 5.41) is 0. The molecular formula is C11H14FNO3. The quantitative estimate of drug-likeness (QED) is 0.782. The fourth-order valence-electron chi connectivity index (χ4n) is 1.08. The van der Waals surface area contributed by atoms with Crippen LogP contribution in [-0.2, 0) is 9.53 Å². The maximum absolute atomic E-state index is 12.8. The third-order valence-corrected chi connectivity index (χ3v) is 1.99. The number of carbonyl (C=O) groups is 1. The SMILES string of the molecule is COC(=O)C(C)(N)COc1cccc(F)c1. The lowest BCUT2D eigenvalue weighted by Gasteiger charge is -2.21. The normalized spacial score (nSPS) is 14.0. The number of benzene rings is 1. The van der Waals surface area contributed by atoms with Crippen LogP contribution in [0.15, 0.2) is 24.3 Å². The minimum atomic E-state index is -1.25. The molecule has 0 aliphatic heterocycles. The van der Waals surface area contributed by atoms with Gasteiger partial charge < -0.3 is 15.2 Å². The number of ether oxygens (including phenoxy) is 2. The first-order valence-electron chi connectivity index (χ1n) is 4.71. The van der Waals surface area contributed by atoms with Crippen molar-refractivity contribution >= 4 is 5.97 Å². The van der Waals surface area contributed by atoms with Crippen LogP contribution in [0.1, 0.15) is 6.92 Å². The number of methoxy groups -OCH3 is 1. The number of carbonyl (C=O) groups excluding carboxylic acids is 1. The van der Waals surface area contributed by atoms with Crippen LogP contribution >= 0.6 is 0 Å². The molecule has 0 bridgehead atoms. The molecule has 2 N–H and O–H groups in total. The first-order valence-corrected chi connectivity index (χ1v) is 4.71. The summed E-state index contributed by atoms with van der Waals surface area (Å²) in [6.45, 7) is 1.40. The van der Waals surface area contributed by atoms with Crippen molar-refractivity contribution in [3.05, 3.63) is 30.1 Å². The summed E-state index contributed by atoms with van der Waals surface area (Å²) in [6, 6.07) is 5.61. The summed E-state index contributed by atoms with van der Waals surface area (Å²) < 4.78 is 22.5. The lowest BCUT2D eigenvalue weighted by Crippen LogP contribution is -2.50. The molecule has 88 valence electrons. The minimum Gasteiger partial charge on any atom is -0.491 e. The van der Waals surface area contributed by atoms with Crippen LogP contribution < -0.4 is 10.5 Å². The van der Waals surface area contributed by atoms with Gasteiger partial charge in [0.15, 0.2) is 0 Å². The molecule has 0 saturated heterocycles. The average Bonchev–Trinajstić information content (AvgIpc) is 2.25. The van der Waals surface area contributed by atoms with Crippen molar-refractivity contribution in [1.29, 1.82) is 0 Å². The van der Waals surface area contributed by atoms with E-state index >= 15 is 0 Å². The van der Waals surface area contributed by atoms with Crippen molar-refractivity contribution in [3.8, 4) is 5.75 Å². The highest BCUT2D eigenvalue weighted by Crippen LogP contribution is 2.14. The van der Waals surface area contributed by atoms with E-state index in [-0.39, 0.29) is 6.61 Å². The Balaban J connectivity index is 2.61. The smallest absolute Gasteiger partial charge is 0.329 e. The third kappa shape index (κ3) is 3.20. The van der Waals surface area contributed by atoms with Crippen molar-refractivity contribution in [1.82, 2.24) is 0 Å². The van der Waals surface area contributed by atoms with E-state index in [0.29, 0.717) is 5.75 Å². The number of rotatable bonds is 4. The molecule has 16 heavy (non-hydrogen) atoms. The Kier molecular flexibility index (Phi) is 3.84. The number of hydrogen-bond donors (Lipinski definition) is 1. The van der Waals surface area contributed by atoms with Crippen LogP contribution in [0, 0.1) is 5.82 Å². The highest BCUT2D eigenvalue weighted by Gasteiger charge is 2.30. The van der Waals surface area contributed by atoms with Crippen LogP contribution in [0.5, 0.6) is 5.75 Å². The van der Waals surface area contributed by atoms with E-state index in [1.807, 2.05) is 0 Å². The molecule has 5 heteroatoms. The van der Waals surface area contributed by atoms with Gasteiger partial charge in [0.1, 0.15) is 23.7 Å². The van der Waals surface area contributed by atoms with Crippen LogP contribution in [0.2, 0.25) is 0 Å². The Morgan fingerprint density at radius 3 is 2.81 bits per heavy atom. The fraction of sp³-hybridized carbons (Fsp3) is 0.364. The van der Waals surface area contributed by atoms with E-state index in [0.717, 1.165) is 0 Å². The molecule has 4 nitrogen and oxygen atoms in total. The van der Waals surface area contributed by atoms with Crippen molar-refractivity contribution in [2.45, 2.75) is 12.5 Å². The lowest BCUT2D eigenvalue weighted by molar-refractivity contribution is -0.147. The Labute approximate surface area is 93.2 Å². The third-order valence-electron chi connectivity index (χ3n) is 1.99. The molecule has 0 amide bonds. The second-order valence-corrected chi connectivity index (χ2v) is 3.66. The molecular weight excluding hydrogens is 213 g/mol. The van der Waals surface area contributed by atoms with Crippen molar-refractivity contribution in [2.24, 2.45) is 5.73 Å². The van der Waals surface area contributed by atoms with Crippen LogP contribution in [0.25, 0.3) is 0 Å². The monoisotopic (exact) mass is 227 g/mol. The number of halogens is 1. The average molecular weight is 227 g/mol. The molecule has 1 unspecified atom stereocenters. The summed E-state index contributed by atoms with van der Waals surface area (Å²) in [4.78, 5) is 11.2. The van der Waals surface area contributed by atoms with Gasteiger partial charge in [-0.3, -0.25) is 0 Å². The van der Waals surface area contributed by atoms with E-state index in [9.17, 15) is 9.18 Å². The Bertz CT molecular complexity index is 379. The molecule has 0 aliphatic carbocycles. The van der Waals surface area contributed by atoms with Gasteiger partial charge in [-0.05, 0) is 19.1 Å². The van der Waals surface area contributed by atoms with Gasteiger partial charge in [0.25, 0.3) is 0 Å². The van der Waals surface area contributed by atoms with Gasteiger partial charge in [-0.15, -0.1) is 0 Å². The summed E-state index contributed by atoms with van der Waals surface area (Å²) in [5.41, 5.74) is 4.41. The van der Waals surface area contributed by atoms with Gasteiger partial charge in [-0.1, -0.05) is 6.07 Å². The molecule has 1 rings (SSSR count). The summed E-state index contributed by atoms with van der Waals surface area (Å²) in [6.07, 6.45) is 0. The van der Waals surface area contributed by atoms with E-state index < -0.39 is 17.3 Å². The topological polar surface area (TPSA) is 61.5 Å². The number of esters is 1. The highest BCUT2D eigenvalue weighted by atomic mass is 19.1. The zero-order valence-electron chi connectivity index (χ0n) is 9.20. The molecule has 0 aromatic heterocycles. The molecule has 1 atom stereocenters. The fourth-order valence-corrected chi connectivity index (χ4v) is 1.08. The molecule has 0 aliphatic rings. The molecule has 0 spiro atoms. The Morgan fingerprint density at radius 1 is 1.56 bits per heavy atom. The van der Waals surface area contributed by atoms with Gasteiger partial charge in [0.05, 0.1) is 7.11 Å². The first-order chi connectivity index (χ1) is 7.45. The van der Waals surface area contributed by atoms with Gasteiger partial charge >= 0.3 is 5.97 Å². The zero-order valence-corrected chi connectivity index (χ0v) is 9.20. The Morgan fingerprint density at radius 2 is 2.25 bits per heavy atom. The van der Waals surface area contributed by atoms with E-state index in [1.54, 1.807) is 6.07 Å². The maximum Gasteiger partial charge on any atom is 0.329 e. The Hall–Kier alpha value is -1.62. The second kappa shape index (κ2) is 4.94. The summed E-state index contributed by atoms with van der Waals surface area (Å²) >= 11 is 0. The molecule has 0 fully saturated rings. The van der Waals surface area contributed by atoms with Crippen molar-refractivity contribution < 1.29 is 18.7 Å². The minimum absolute atomic E-state index is 0.0802. The summed E-state index contributed by atoms with van der Waals surface area (Å²) in [7, 11) is 1.25. The molecule has 0 radical (unpaired) electrons. The number of nitrogens with two attached hydrogens (primary N) is 1. The van der Waals surface area contributed by atoms with Crippen LogP contribution in [0.4, 0.5) is 4.39 Å². The van der Waals surface area contributed by atoms with Crippen molar-refractivity contribution in [3.63, 3.8) is 0 Å².